The van der Waals surface area contributed by atoms with E-state index in [1.807, 2.05) is 0 Å². The van der Waals surface area contributed by atoms with Gasteiger partial charge in [0.25, 0.3) is 0 Å². The smallest absolute Gasteiger partial charge is 0.0634 e. The number of halogens is 3. The van der Waals surface area contributed by atoms with Crippen molar-refractivity contribution in [3.63, 3.8) is 0 Å². The quantitative estimate of drug-likeness (QED) is 0.549. The van der Waals surface area contributed by atoms with Crippen LogP contribution in [0.25, 0.3) is 0 Å². The van der Waals surface area contributed by atoms with Crippen molar-refractivity contribution in [2.75, 3.05) is 5.32 Å². The van der Waals surface area contributed by atoms with Crippen LogP contribution in [0.15, 0.2) is 43.7 Å². The molecule has 0 bridgehead atoms. The second-order valence-corrected chi connectivity index (χ2v) is 7.81. The topological polar surface area (TPSA) is 12.0 Å². The summed E-state index contributed by atoms with van der Waals surface area (Å²) >= 11 is 10.8. The first-order valence-corrected chi connectivity index (χ1v) is 8.93. The summed E-state index contributed by atoms with van der Waals surface area (Å²) in [6.45, 7) is 2.15. The van der Waals surface area contributed by atoms with Gasteiger partial charge in [0.2, 0.25) is 0 Å². The Hall–Kier alpha value is -0.320. The molecule has 0 spiro atoms. The molecule has 1 nitrogen and oxygen atoms in total. The van der Waals surface area contributed by atoms with E-state index in [9.17, 15) is 0 Å². The number of benzene rings is 2. The number of hydrogen-bond acceptors (Lipinski definition) is 1. The van der Waals surface area contributed by atoms with Gasteiger partial charge in [0, 0.05) is 13.4 Å². The van der Waals surface area contributed by atoms with Crippen LogP contribution >= 0.6 is 47.8 Å². The van der Waals surface area contributed by atoms with Crippen LogP contribution in [0, 0.1) is 6.92 Å². The zero-order chi connectivity index (χ0) is 14.3. The maximum atomic E-state index is 3.67. The Morgan fingerprint density at radius 3 is 2.45 bits per heavy atom. The highest BCUT2D eigenvalue weighted by molar-refractivity contribution is 9.11. The molecule has 4 heteroatoms. The van der Waals surface area contributed by atoms with E-state index in [1.54, 1.807) is 0 Å². The Kier molecular flexibility index (Phi) is 4.25. The molecule has 0 amide bonds. The first-order valence-electron chi connectivity index (χ1n) is 6.55. The van der Waals surface area contributed by atoms with Crippen LogP contribution in [-0.2, 0) is 6.42 Å². The lowest BCUT2D eigenvalue weighted by Gasteiger charge is -2.19. The molecule has 1 unspecified atom stereocenters. The predicted octanol–water partition coefficient (Wildman–Crippen LogP) is 6.38. The van der Waals surface area contributed by atoms with Gasteiger partial charge in [0.15, 0.2) is 0 Å². The summed E-state index contributed by atoms with van der Waals surface area (Å²) in [7, 11) is 0. The van der Waals surface area contributed by atoms with Crippen LogP contribution in [0.3, 0.4) is 0 Å². The van der Waals surface area contributed by atoms with Crippen molar-refractivity contribution in [2.45, 2.75) is 25.8 Å². The molecule has 2 aromatic rings. The first kappa shape index (κ1) is 14.6. The van der Waals surface area contributed by atoms with E-state index >= 15 is 0 Å². The normalized spacial score (nSPS) is 17.1. The highest BCUT2D eigenvalue weighted by atomic mass is 79.9. The van der Waals surface area contributed by atoms with Crippen molar-refractivity contribution in [3.05, 3.63) is 60.4 Å². The number of nitrogens with one attached hydrogen (secondary N) is 1. The minimum Gasteiger partial charge on any atom is -0.376 e. The van der Waals surface area contributed by atoms with Crippen LogP contribution in [0.5, 0.6) is 0 Å². The van der Waals surface area contributed by atoms with E-state index < -0.39 is 0 Å². The fraction of sp³-hybridized carbons (Fsp3) is 0.250. The van der Waals surface area contributed by atoms with Gasteiger partial charge < -0.3 is 5.32 Å². The lowest BCUT2D eigenvalue weighted by molar-refractivity contribution is 0.760. The summed E-state index contributed by atoms with van der Waals surface area (Å²) in [5.41, 5.74) is 5.35. The van der Waals surface area contributed by atoms with Crippen LogP contribution < -0.4 is 5.32 Å². The van der Waals surface area contributed by atoms with Gasteiger partial charge in [0.1, 0.15) is 0 Å². The molecule has 1 aliphatic rings. The summed E-state index contributed by atoms with van der Waals surface area (Å²) in [6.07, 6.45) is 2.30. The Morgan fingerprint density at radius 2 is 1.75 bits per heavy atom. The number of aryl methyl sites for hydroxylation is 2. The van der Waals surface area contributed by atoms with Crippen LogP contribution in [0.2, 0.25) is 0 Å². The van der Waals surface area contributed by atoms with Gasteiger partial charge in [-0.1, -0.05) is 39.7 Å². The lowest BCUT2D eigenvalue weighted by atomic mass is 10.0. The second kappa shape index (κ2) is 5.82. The predicted molar refractivity (Wildman–Crippen MR) is 95.4 cm³/mol. The largest absolute Gasteiger partial charge is 0.376 e. The molecule has 0 saturated heterocycles. The third-order valence-corrected chi connectivity index (χ3v) is 5.41. The SMILES string of the molecule is Cc1ccc2c(c1)C(Nc1c(Br)cc(Br)cc1Br)CC2. The minimum atomic E-state index is 0.388. The van der Waals surface area contributed by atoms with E-state index in [4.69, 9.17) is 0 Å². The van der Waals surface area contributed by atoms with Crippen molar-refractivity contribution in [1.82, 2.24) is 0 Å². The van der Waals surface area contributed by atoms with Gasteiger partial charge >= 0.3 is 0 Å². The molecule has 0 saturated carbocycles. The molecule has 20 heavy (non-hydrogen) atoms. The first-order chi connectivity index (χ1) is 9.54. The minimum absolute atomic E-state index is 0.388. The summed E-state index contributed by atoms with van der Waals surface area (Å²) < 4.78 is 3.20. The molecule has 1 atom stereocenters. The Bertz CT molecular complexity index is 644. The molecule has 2 aromatic carbocycles. The third kappa shape index (κ3) is 2.83. The third-order valence-electron chi connectivity index (χ3n) is 3.70. The molecule has 0 aliphatic heterocycles. The molecule has 0 radical (unpaired) electrons. The standard InChI is InChI=1S/C16H14Br3N/c1-9-2-3-10-4-5-15(12(10)6-9)20-16-13(18)7-11(17)8-14(16)19/h2-3,6-8,15,20H,4-5H2,1H3. The molecule has 1 aliphatic carbocycles. The molecular weight excluding hydrogens is 446 g/mol. The van der Waals surface area contributed by atoms with E-state index in [0.29, 0.717) is 6.04 Å². The maximum absolute atomic E-state index is 3.67. The molecule has 3 rings (SSSR count). The van der Waals surface area contributed by atoms with Crippen molar-refractivity contribution in [1.29, 1.82) is 0 Å². The zero-order valence-corrected chi connectivity index (χ0v) is 15.8. The zero-order valence-electron chi connectivity index (χ0n) is 11.0. The summed E-state index contributed by atoms with van der Waals surface area (Å²) in [5.74, 6) is 0. The lowest BCUT2D eigenvalue weighted by Crippen LogP contribution is -2.08. The van der Waals surface area contributed by atoms with Crippen LogP contribution in [0.4, 0.5) is 5.69 Å². The van der Waals surface area contributed by atoms with Gasteiger partial charge in [-0.25, -0.2) is 0 Å². The van der Waals surface area contributed by atoms with Crippen LogP contribution in [-0.4, -0.2) is 0 Å². The number of fused-ring (bicyclic) bond motifs is 1. The average molecular weight is 460 g/mol. The summed E-state index contributed by atoms with van der Waals surface area (Å²) in [5, 5.41) is 3.67. The Labute approximate surface area is 144 Å². The molecule has 0 fully saturated rings. The molecule has 0 aromatic heterocycles. The highest BCUT2D eigenvalue weighted by Gasteiger charge is 2.23. The van der Waals surface area contributed by atoms with Gasteiger partial charge in [-0.15, -0.1) is 0 Å². The average Bonchev–Trinajstić information content (AvgIpc) is 2.76. The van der Waals surface area contributed by atoms with E-state index in [1.165, 1.54) is 16.7 Å². The van der Waals surface area contributed by atoms with E-state index in [-0.39, 0.29) is 0 Å². The summed E-state index contributed by atoms with van der Waals surface area (Å²) in [4.78, 5) is 0. The van der Waals surface area contributed by atoms with Crippen molar-refractivity contribution >= 4 is 53.5 Å². The fourth-order valence-corrected chi connectivity index (χ4v) is 5.21. The Balaban J connectivity index is 1.93. The van der Waals surface area contributed by atoms with Gasteiger partial charge in [-0.05, 0) is 74.9 Å². The highest BCUT2D eigenvalue weighted by Crippen LogP contribution is 2.40. The van der Waals surface area contributed by atoms with E-state index in [2.05, 4.69) is 90.4 Å². The summed E-state index contributed by atoms with van der Waals surface area (Å²) in [6, 6.07) is 11.3. The number of hydrogen-bond donors (Lipinski definition) is 1. The monoisotopic (exact) mass is 457 g/mol. The van der Waals surface area contributed by atoms with Gasteiger partial charge in [-0.2, -0.15) is 0 Å². The van der Waals surface area contributed by atoms with Gasteiger partial charge in [-0.3, -0.25) is 0 Å². The van der Waals surface area contributed by atoms with Crippen molar-refractivity contribution < 1.29 is 0 Å². The molecule has 0 heterocycles. The van der Waals surface area contributed by atoms with Gasteiger partial charge in [0.05, 0.1) is 11.7 Å². The van der Waals surface area contributed by atoms with Crippen molar-refractivity contribution in [2.24, 2.45) is 0 Å². The second-order valence-electron chi connectivity index (χ2n) is 5.18. The van der Waals surface area contributed by atoms with Crippen molar-refractivity contribution in [3.8, 4) is 0 Å². The van der Waals surface area contributed by atoms with Crippen LogP contribution in [0.1, 0.15) is 29.2 Å². The molecule has 104 valence electrons. The number of rotatable bonds is 2. The van der Waals surface area contributed by atoms with E-state index in [0.717, 1.165) is 31.9 Å². The Morgan fingerprint density at radius 1 is 1.05 bits per heavy atom. The molecule has 1 N–H and O–H groups in total. The fourth-order valence-electron chi connectivity index (χ4n) is 2.73. The molecular formula is C16H14Br3N. The number of anilines is 1. The maximum Gasteiger partial charge on any atom is 0.0634 e.